The van der Waals surface area contributed by atoms with Crippen molar-refractivity contribution in [3.05, 3.63) is 58.0 Å². The van der Waals surface area contributed by atoms with E-state index in [1.54, 1.807) is 30.9 Å². The molecule has 1 saturated carbocycles. The van der Waals surface area contributed by atoms with E-state index in [-0.39, 0.29) is 23.7 Å². The summed E-state index contributed by atoms with van der Waals surface area (Å²) in [6.45, 7) is 4.56. The molecule has 0 spiro atoms. The lowest BCUT2D eigenvalue weighted by Crippen LogP contribution is -2.39. The highest BCUT2D eigenvalue weighted by Gasteiger charge is 2.22. The highest BCUT2D eigenvalue weighted by atomic mass is 16.5. The molecule has 7 nitrogen and oxygen atoms in total. The molecule has 0 aliphatic heterocycles. The summed E-state index contributed by atoms with van der Waals surface area (Å²) in [6, 6.07) is 8.94. The van der Waals surface area contributed by atoms with Crippen LogP contribution in [-0.4, -0.2) is 42.0 Å². The molecule has 2 aromatic rings. The molecule has 0 radical (unpaired) electrons. The minimum atomic E-state index is -0.356. The Bertz CT molecular complexity index is 951. The third kappa shape index (κ3) is 6.79. The molecule has 1 aromatic heterocycles. The van der Waals surface area contributed by atoms with Crippen molar-refractivity contribution in [2.45, 2.75) is 51.7 Å². The molecular formula is C24H31N3O4. The van der Waals surface area contributed by atoms with E-state index < -0.39 is 0 Å². The van der Waals surface area contributed by atoms with Gasteiger partial charge in [-0.25, -0.2) is 0 Å². The predicted molar refractivity (Wildman–Crippen MR) is 121 cm³/mol. The number of pyridine rings is 1. The first-order chi connectivity index (χ1) is 14.9. The lowest BCUT2D eigenvalue weighted by molar-refractivity contribution is -0.150. The summed E-state index contributed by atoms with van der Waals surface area (Å²) in [7, 11) is 1.73. The van der Waals surface area contributed by atoms with Crippen LogP contribution in [0, 0.1) is 6.92 Å². The summed E-state index contributed by atoms with van der Waals surface area (Å²) in [6.07, 6.45) is 7.79. The second-order valence-electron chi connectivity index (χ2n) is 8.00. The van der Waals surface area contributed by atoms with Crippen molar-refractivity contribution in [2.24, 2.45) is 12.0 Å². The largest absolute Gasteiger partial charge is 0.492 e. The third-order valence-electron chi connectivity index (χ3n) is 5.32. The molecule has 3 rings (SSSR count). The summed E-state index contributed by atoms with van der Waals surface area (Å²) < 4.78 is 12.8. The molecule has 0 bridgehead atoms. The number of carbonyl (C=O) groups is 1. The number of benzene rings is 1. The highest BCUT2D eigenvalue weighted by molar-refractivity contribution is 5.81. The normalized spacial score (nSPS) is 15.3. The van der Waals surface area contributed by atoms with Gasteiger partial charge in [0.05, 0.1) is 5.69 Å². The second kappa shape index (κ2) is 10.9. The monoisotopic (exact) mass is 425 g/mol. The summed E-state index contributed by atoms with van der Waals surface area (Å²) in [5.41, 5.74) is 2.28. The van der Waals surface area contributed by atoms with E-state index >= 15 is 0 Å². The summed E-state index contributed by atoms with van der Waals surface area (Å²) in [5.74, 6) is 0.506. The number of hydrogen-bond donors (Lipinski definition) is 1. The molecule has 0 amide bonds. The van der Waals surface area contributed by atoms with Gasteiger partial charge in [-0.15, -0.1) is 0 Å². The zero-order valence-electron chi connectivity index (χ0n) is 18.5. The average Bonchev–Trinajstić information content (AvgIpc) is 3.26. The predicted octanol–water partition coefficient (Wildman–Crippen LogP) is 3.29. The van der Waals surface area contributed by atoms with Crippen LogP contribution in [0.15, 0.2) is 46.3 Å². The molecule has 7 heteroatoms. The van der Waals surface area contributed by atoms with Crippen molar-refractivity contribution in [1.82, 2.24) is 9.88 Å². The standard InChI is InChI=1S/C24H31N3O4/c1-17-13-19(16-27(3)23(17)28)15-26-20-7-6-10-22(14-20)30-12-11-25-18(2)24(29)31-21-8-4-5-9-21/h6-7,10,13-16,18,21,25H,4-5,8-9,11-12H2,1-3H3. The Morgan fingerprint density at radius 1 is 1.32 bits per heavy atom. The molecule has 31 heavy (non-hydrogen) atoms. The Hall–Kier alpha value is -2.93. The van der Waals surface area contributed by atoms with Gasteiger partial charge in [-0.2, -0.15) is 0 Å². The smallest absolute Gasteiger partial charge is 0.323 e. The molecule has 1 heterocycles. The third-order valence-corrected chi connectivity index (χ3v) is 5.32. The average molecular weight is 426 g/mol. The van der Waals surface area contributed by atoms with Crippen molar-refractivity contribution in [3.8, 4) is 5.75 Å². The lowest BCUT2D eigenvalue weighted by Gasteiger charge is -2.17. The van der Waals surface area contributed by atoms with Gasteiger partial charge in [0.2, 0.25) is 0 Å². The number of aromatic nitrogens is 1. The van der Waals surface area contributed by atoms with Crippen LogP contribution in [0.5, 0.6) is 5.75 Å². The molecule has 1 unspecified atom stereocenters. The number of esters is 1. The van der Waals surface area contributed by atoms with E-state index in [4.69, 9.17) is 9.47 Å². The van der Waals surface area contributed by atoms with Crippen LogP contribution in [-0.2, 0) is 16.6 Å². The molecule has 1 aromatic carbocycles. The molecule has 1 aliphatic carbocycles. The molecule has 0 saturated heterocycles. The quantitative estimate of drug-likeness (QED) is 0.379. The van der Waals surface area contributed by atoms with Gasteiger partial charge < -0.3 is 19.4 Å². The van der Waals surface area contributed by atoms with Crippen molar-refractivity contribution in [3.63, 3.8) is 0 Å². The van der Waals surface area contributed by atoms with Crippen LogP contribution in [0.1, 0.15) is 43.7 Å². The first-order valence-corrected chi connectivity index (χ1v) is 10.8. The van der Waals surface area contributed by atoms with E-state index in [1.165, 1.54) is 0 Å². The fourth-order valence-corrected chi connectivity index (χ4v) is 3.58. The van der Waals surface area contributed by atoms with Gasteiger partial charge in [0.15, 0.2) is 0 Å². The van der Waals surface area contributed by atoms with E-state index in [0.29, 0.717) is 24.5 Å². The Morgan fingerprint density at radius 3 is 2.84 bits per heavy atom. The summed E-state index contributed by atoms with van der Waals surface area (Å²) in [4.78, 5) is 28.4. The van der Waals surface area contributed by atoms with E-state index in [9.17, 15) is 9.59 Å². The van der Waals surface area contributed by atoms with Crippen LogP contribution >= 0.6 is 0 Å². The van der Waals surface area contributed by atoms with E-state index in [2.05, 4.69) is 10.3 Å². The second-order valence-corrected chi connectivity index (χ2v) is 8.00. The Kier molecular flexibility index (Phi) is 8.00. The van der Waals surface area contributed by atoms with Crippen LogP contribution < -0.4 is 15.6 Å². The SMILES string of the molecule is Cc1cc(C=Nc2cccc(OCCNC(C)C(=O)OC3CCCC3)c2)cn(C)c1=O. The van der Waals surface area contributed by atoms with Crippen LogP contribution in [0.25, 0.3) is 0 Å². The first kappa shape index (κ1) is 22.7. The first-order valence-electron chi connectivity index (χ1n) is 10.8. The number of nitrogens with one attached hydrogen (secondary N) is 1. The number of aryl methyl sites for hydroxylation is 2. The van der Waals surface area contributed by atoms with Crippen molar-refractivity contribution < 1.29 is 14.3 Å². The van der Waals surface area contributed by atoms with Gasteiger partial charge >= 0.3 is 5.97 Å². The van der Waals surface area contributed by atoms with Gasteiger partial charge in [-0.05, 0) is 57.7 Å². The molecule has 166 valence electrons. The Morgan fingerprint density at radius 2 is 2.10 bits per heavy atom. The molecule has 1 N–H and O–H groups in total. The Balaban J connectivity index is 1.46. The summed E-state index contributed by atoms with van der Waals surface area (Å²) >= 11 is 0. The maximum absolute atomic E-state index is 12.1. The van der Waals surface area contributed by atoms with Gasteiger partial charge in [0.25, 0.3) is 5.56 Å². The van der Waals surface area contributed by atoms with Gasteiger partial charge in [0.1, 0.15) is 24.5 Å². The zero-order valence-corrected chi connectivity index (χ0v) is 18.5. The van der Waals surface area contributed by atoms with Crippen LogP contribution in [0.2, 0.25) is 0 Å². The van der Waals surface area contributed by atoms with E-state index in [1.807, 2.05) is 37.3 Å². The van der Waals surface area contributed by atoms with Crippen molar-refractivity contribution >= 4 is 17.9 Å². The number of ether oxygens (including phenoxy) is 2. The number of carbonyl (C=O) groups excluding carboxylic acids is 1. The number of hydrogen-bond acceptors (Lipinski definition) is 6. The van der Waals surface area contributed by atoms with Gasteiger partial charge in [-0.1, -0.05) is 6.07 Å². The number of aliphatic imine (C=N–C) groups is 1. The minimum Gasteiger partial charge on any atom is -0.492 e. The maximum Gasteiger partial charge on any atom is 0.323 e. The number of rotatable bonds is 9. The number of nitrogens with zero attached hydrogens (tertiary/aromatic N) is 2. The fourth-order valence-electron chi connectivity index (χ4n) is 3.58. The van der Waals surface area contributed by atoms with Gasteiger partial charge in [-0.3, -0.25) is 14.6 Å². The van der Waals surface area contributed by atoms with Crippen molar-refractivity contribution in [2.75, 3.05) is 13.2 Å². The topological polar surface area (TPSA) is 81.9 Å². The van der Waals surface area contributed by atoms with Crippen LogP contribution in [0.4, 0.5) is 5.69 Å². The molecule has 1 aliphatic rings. The van der Waals surface area contributed by atoms with E-state index in [0.717, 1.165) is 36.9 Å². The molecular weight excluding hydrogens is 394 g/mol. The van der Waals surface area contributed by atoms with Gasteiger partial charge in [0, 0.05) is 43.2 Å². The van der Waals surface area contributed by atoms with Crippen LogP contribution in [0.3, 0.4) is 0 Å². The van der Waals surface area contributed by atoms with Crippen molar-refractivity contribution in [1.29, 1.82) is 0 Å². The minimum absolute atomic E-state index is 0.0118. The lowest BCUT2D eigenvalue weighted by atomic mass is 10.2. The zero-order chi connectivity index (χ0) is 22.2. The Labute approximate surface area is 183 Å². The highest BCUT2D eigenvalue weighted by Crippen LogP contribution is 2.21. The molecule has 1 atom stereocenters. The molecule has 1 fully saturated rings. The summed E-state index contributed by atoms with van der Waals surface area (Å²) in [5, 5.41) is 3.15. The fraction of sp³-hybridized carbons (Fsp3) is 0.458. The maximum atomic E-state index is 12.1.